The number of hydrogen-bond donors (Lipinski definition) is 4. The van der Waals surface area contributed by atoms with Crippen LogP contribution in [0.2, 0.25) is 0 Å². The normalized spacial score (nSPS) is 10.0. The van der Waals surface area contributed by atoms with Gasteiger partial charge in [-0.05, 0) is 0 Å². The Kier molecular flexibility index (Phi) is 4.20. The molecule has 0 aliphatic rings. The Hall–Kier alpha value is -0.490. The van der Waals surface area contributed by atoms with E-state index in [2.05, 4.69) is 3.93 Å². The van der Waals surface area contributed by atoms with Crippen LogP contribution in [0.3, 0.4) is 0 Å². The first kappa shape index (κ1) is 10.5. The molecule has 0 heterocycles. The molecule has 0 aromatic rings. The smallest absolute Gasteiger partial charge is 0.370 e. The zero-order chi connectivity index (χ0) is 9.02. The molecule has 0 saturated heterocycles. The quantitative estimate of drug-likeness (QED) is 0.159. The van der Waals surface area contributed by atoms with E-state index in [0.29, 0.717) is 5.12 Å². The molecule has 0 rings (SSSR count). The predicted molar refractivity (Wildman–Crippen MR) is 25.1 cm³/mol. The van der Waals surface area contributed by atoms with Gasteiger partial charge in [-0.25, -0.2) is 22.6 Å². The second-order valence-electron chi connectivity index (χ2n) is 1.31. The zero-order valence-corrected chi connectivity index (χ0v) is 6.82. The number of guanidine groups is 1. The molecular weight excluding hydrogens is 224 g/mol. The van der Waals surface area contributed by atoms with Crippen molar-refractivity contribution in [1.29, 1.82) is 5.41 Å². The molecule has 9 nitrogen and oxygen atoms in total. The summed E-state index contributed by atoms with van der Waals surface area (Å²) in [5, 5.41) is 7.25. The van der Waals surface area contributed by atoms with Gasteiger partial charge in [0, 0.05) is 0 Å². The fourth-order valence-corrected chi connectivity index (χ4v) is 0.599. The lowest BCUT2D eigenvalue weighted by Gasteiger charge is -2.15. The molecule has 0 saturated carbocycles. The molecule has 11 heavy (non-hydrogen) atoms. The average Bonchev–Trinajstić information content (AvgIpc) is 1.84. The number of hydrogen-bond acceptors (Lipinski definition) is 7. The molecular formula is CH7BrN6O3. The van der Waals surface area contributed by atoms with Gasteiger partial charge in [-0.15, -0.1) is 0 Å². The zero-order valence-electron chi connectivity index (χ0n) is 5.23. The largest absolute Gasteiger partial charge is 0.474 e. The van der Waals surface area contributed by atoms with Crippen LogP contribution in [-0.4, -0.2) is 16.2 Å². The summed E-state index contributed by atoms with van der Waals surface area (Å²) in [6, 6.07) is 0. The van der Waals surface area contributed by atoms with Gasteiger partial charge in [0.1, 0.15) is 3.93 Å². The van der Waals surface area contributed by atoms with E-state index in [-0.39, 0.29) is 5.17 Å². The number of halogens is 1. The van der Waals surface area contributed by atoms with E-state index in [0.717, 1.165) is 0 Å². The van der Waals surface area contributed by atoms with E-state index < -0.39 is 20.8 Å². The maximum atomic E-state index is 9.87. The van der Waals surface area contributed by atoms with Crippen molar-refractivity contribution in [1.82, 2.24) is 10.3 Å². The van der Waals surface area contributed by atoms with Crippen molar-refractivity contribution >= 4 is 5.96 Å². The highest BCUT2D eigenvalue weighted by Crippen LogP contribution is 1.85. The minimum Gasteiger partial charge on any atom is -0.370 e. The standard InChI is InChI=1S/CH7BrN6O3/c3-1(7(4)5)8(6)11-2(9)10/h3H,4-6H2. The molecule has 0 bridgehead atoms. The fourth-order valence-electron chi connectivity index (χ4n) is 0.207. The van der Waals surface area contributed by atoms with Gasteiger partial charge in [0.25, 0.3) is 5.96 Å². The van der Waals surface area contributed by atoms with Crippen molar-refractivity contribution in [2.75, 3.05) is 0 Å². The Morgan fingerprint density at radius 3 is 2.09 bits per heavy atom. The van der Waals surface area contributed by atoms with Crippen LogP contribution in [0.4, 0.5) is 0 Å². The summed E-state index contributed by atoms with van der Waals surface area (Å²) in [5.74, 6) is 13.7. The Labute approximate surface area is 67.1 Å². The second kappa shape index (κ2) is 4.40. The molecule has 0 aromatic carbocycles. The van der Waals surface area contributed by atoms with Crippen molar-refractivity contribution < 1.29 is 27.1 Å². The Bertz CT molecular complexity index is 138. The van der Waals surface area contributed by atoms with Crippen molar-refractivity contribution in [3.8, 4) is 0 Å². The van der Waals surface area contributed by atoms with Gasteiger partial charge < -0.3 is 8.40 Å². The lowest BCUT2D eigenvalue weighted by atomic mass is 11.0. The van der Waals surface area contributed by atoms with Crippen LogP contribution in [-0.2, 0) is 3.93 Å². The maximum absolute atomic E-state index is 9.87. The number of rotatable bonds is 2. The molecule has 0 aliphatic carbocycles. The molecule has 0 aromatic heterocycles. The molecule has 10 heteroatoms. The topological polar surface area (TPSA) is 164 Å². The Morgan fingerprint density at radius 1 is 1.36 bits per heavy atom. The Morgan fingerprint density at radius 2 is 1.82 bits per heavy atom. The highest BCUT2D eigenvalue weighted by atomic mass is 80.0. The third kappa shape index (κ3) is 4.05. The van der Waals surface area contributed by atoms with Gasteiger partial charge in [-0.1, -0.05) is 5.17 Å². The molecule has 0 fully saturated rings. The van der Waals surface area contributed by atoms with Crippen molar-refractivity contribution in [3.63, 3.8) is 0 Å². The van der Waals surface area contributed by atoms with E-state index in [4.69, 9.17) is 22.9 Å². The van der Waals surface area contributed by atoms with Crippen LogP contribution in [0.1, 0.15) is 0 Å². The first-order valence-corrected chi connectivity index (χ1v) is 4.06. The fraction of sp³-hybridized carbons (Fsp3) is 0. The molecule has 7 N–H and O–H groups in total. The summed E-state index contributed by atoms with van der Waals surface area (Å²) in [4.78, 5) is 0. The molecule has 0 amide bonds. The summed E-state index contributed by atoms with van der Waals surface area (Å²) < 4.78 is 23.6. The van der Waals surface area contributed by atoms with Crippen LogP contribution >= 0.6 is 0 Å². The summed E-state index contributed by atoms with van der Waals surface area (Å²) in [5.41, 5.74) is 0. The second-order valence-corrected chi connectivity index (χ2v) is 2.40. The van der Waals surface area contributed by atoms with E-state index in [1.54, 1.807) is 0 Å². The number of nitrogens with zero attached hydrogens (tertiary/aromatic N) is 2. The highest BCUT2D eigenvalue weighted by Gasteiger charge is 2.22. The van der Waals surface area contributed by atoms with Crippen molar-refractivity contribution in [2.45, 2.75) is 0 Å². The van der Waals surface area contributed by atoms with Crippen molar-refractivity contribution in [3.05, 3.63) is 0 Å². The Balaban J connectivity index is 3.83. The lowest BCUT2D eigenvalue weighted by molar-refractivity contribution is -1.64. The van der Waals surface area contributed by atoms with E-state index in [9.17, 15) is 8.40 Å². The average molecular weight is 231 g/mol. The molecule has 0 radical (unpaired) electrons. The highest BCUT2D eigenvalue weighted by molar-refractivity contribution is 5.73. The number of nitrogens with two attached hydrogens (primary N) is 3. The van der Waals surface area contributed by atoms with Crippen LogP contribution in [0, 0.1) is 20.2 Å². The summed E-state index contributed by atoms with van der Waals surface area (Å²) in [6.45, 7) is 0. The number of nitrogens with one attached hydrogen (secondary N) is 1. The van der Waals surface area contributed by atoms with E-state index >= 15 is 0 Å². The van der Waals surface area contributed by atoms with E-state index in [1.165, 1.54) is 0 Å². The maximum Gasteiger partial charge on any atom is 0.474 e. The third-order valence-electron chi connectivity index (χ3n) is 0.584. The van der Waals surface area contributed by atoms with Gasteiger partial charge in [-0.2, -0.15) is 0 Å². The van der Waals surface area contributed by atoms with Crippen LogP contribution in [0.25, 0.3) is 0 Å². The summed E-state index contributed by atoms with van der Waals surface area (Å²) >= 11 is -3.51. The predicted octanol–water partition coefficient (Wildman–Crippen LogP) is -4.84. The van der Waals surface area contributed by atoms with Gasteiger partial charge in [0.2, 0.25) is 0 Å². The molecule has 0 atom stereocenters. The summed E-state index contributed by atoms with van der Waals surface area (Å²) in [6.07, 6.45) is 0. The minimum atomic E-state index is -3.51. The first-order valence-electron chi connectivity index (χ1n) is 2.12. The van der Waals surface area contributed by atoms with Gasteiger partial charge in [-0.3, -0.25) is 5.41 Å². The van der Waals surface area contributed by atoms with Gasteiger partial charge in [0.15, 0.2) is 0 Å². The minimum absolute atomic E-state index is 0.120. The third-order valence-corrected chi connectivity index (χ3v) is 1.13. The summed E-state index contributed by atoms with van der Waals surface area (Å²) in [7, 11) is 0. The first-order chi connectivity index (χ1) is 4.95. The number of hydroxylamine groups is 1. The molecule has 66 valence electrons. The van der Waals surface area contributed by atoms with Crippen LogP contribution in [0.5, 0.6) is 0 Å². The van der Waals surface area contributed by atoms with Crippen LogP contribution < -0.4 is 25.9 Å². The van der Waals surface area contributed by atoms with Crippen molar-refractivity contribution in [2.24, 2.45) is 17.5 Å². The monoisotopic (exact) mass is 230 g/mol. The van der Waals surface area contributed by atoms with E-state index in [1.807, 2.05) is 0 Å². The van der Waals surface area contributed by atoms with Gasteiger partial charge in [0.05, 0.1) is 0 Å². The van der Waals surface area contributed by atoms with Crippen LogP contribution in [0.15, 0.2) is 0 Å². The lowest BCUT2D eigenvalue weighted by Crippen LogP contribution is -2.56. The number of hydrazine groups is 3. The molecule has 0 spiro atoms. The molecule has 0 aliphatic heterocycles. The van der Waals surface area contributed by atoms with Gasteiger partial charge >= 0.3 is 14.8 Å². The molecule has 0 unspecified atom stereocenters. The SMILES string of the molecule is N=C(N(N)N)N(N)O[Br+2]([O-])[O-].